The summed E-state index contributed by atoms with van der Waals surface area (Å²) in [6.07, 6.45) is 1.34. The highest BCUT2D eigenvalue weighted by molar-refractivity contribution is 6.02. The second-order valence-corrected chi connectivity index (χ2v) is 2.87. The number of hydrogen-bond donors (Lipinski definition) is 3. The van der Waals surface area contributed by atoms with Gasteiger partial charge < -0.3 is 5.73 Å². The van der Waals surface area contributed by atoms with E-state index in [1.54, 1.807) is 7.05 Å². The summed E-state index contributed by atoms with van der Waals surface area (Å²) in [7, 11) is 1.67. The first-order chi connectivity index (χ1) is 7.16. The van der Waals surface area contributed by atoms with Crippen molar-refractivity contribution in [3.63, 3.8) is 0 Å². The summed E-state index contributed by atoms with van der Waals surface area (Å²) in [5, 5.41) is 12.5. The van der Waals surface area contributed by atoms with Gasteiger partial charge in [0.15, 0.2) is 0 Å². The van der Waals surface area contributed by atoms with Crippen LogP contribution in [0.15, 0.2) is 12.4 Å². The number of amides is 1. The van der Waals surface area contributed by atoms with Gasteiger partial charge in [0, 0.05) is 13.1 Å². The Labute approximate surface area is 84.5 Å². The molecule has 2 aromatic rings. The molecule has 0 unspecified atom stereocenters. The summed E-state index contributed by atoms with van der Waals surface area (Å²) < 4.78 is 1.44. The summed E-state index contributed by atoms with van der Waals surface area (Å²) in [5.41, 5.74) is 5.64. The van der Waals surface area contributed by atoms with Crippen LogP contribution in [0.25, 0.3) is 0 Å². The van der Waals surface area contributed by atoms with Crippen molar-refractivity contribution >= 4 is 17.7 Å². The Balaban J connectivity index is 2.14. The number of aromatic nitrogens is 5. The topological polar surface area (TPSA) is 115 Å². The van der Waals surface area contributed by atoms with Gasteiger partial charge in [-0.1, -0.05) is 0 Å². The summed E-state index contributed by atoms with van der Waals surface area (Å²) in [4.78, 5) is 15.4. The molecule has 0 aromatic carbocycles. The zero-order chi connectivity index (χ0) is 10.8. The van der Waals surface area contributed by atoms with E-state index in [-0.39, 0.29) is 17.4 Å². The molecule has 8 nitrogen and oxygen atoms in total. The number of anilines is 2. The predicted octanol–water partition coefficient (Wildman–Crippen LogP) is -0.627. The lowest BCUT2D eigenvalue weighted by Crippen LogP contribution is -2.15. The first-order valence-electron chi connectivity index (χ1n) is 4.13. The predicted molar refractivity (Wildman–Crippen MR) is 52.0 cm³/mol. The van der Waals surface area contributed by atoms with Crippen LogP contribution in [-0.2, 0) is 7.05 Å². The lowest BCUT2D eigenvalue weighted by atomic mass is 10.4. The van der Waals surface area contributed by atoms with Crippen molar-refractivity contribution in [2.45, 2.75) is 0 Å². The third kappa shape index (κ3) is 1.77. The van der Waals surface area contributed by atoms with Crippen LogP contribution in [0, 0.1) is 0 Å². The van der Waals surface area contributed by atoms with Crippen LogP contribution in [0.4, 0.5) is 11.8 Å². The summed E-state index contributed by atoms with van der Waals surface area (Å²) in [6.45, 7) is 0. The summed E-state index contributed by atoms with van der Waals surface area (Å²) in [6, 6.07) is 1.44. The fourth-order valence-corrected chi connectivity index (χ4v) is 1.03. The average molecular weight is 207 g/mol. The van der Waals surface area contributed by atoms with Crippen molar-refractivity contribution in [3.8, 4) is 0 Å². The highest BCUT2D eigenvalue weighted by Gasteiger charge is 2.11. The normalized spacial score (nSPS) is 10.2. The number of rotatable bonds is 2. The van der Waals surface area contributed by atoms with Crippen LogP contribution in [-0.4, -0.2) is 30.9 Å². The largest absolute Gasteiger partial charge is 0.382 e. The lowest BCUT2D eigenvalue weighted by Gasteiger charge is -2.00. The molecule has 2 rings (SSSR count). The maximum atomic E-state index is 11.6. The standard InChI is InChI=1S/C7H9N7O/c1-14-7(9-3-10-14)11-6(15)4-2-5(8)13-12-4/h2-3H,1H3,(H3,8,12,13)(H,9,10,11,15). The molecule has 0 saturated carbocycles. The van der Waals surface area contributed by atoms with E-state index < -0.39 is 0 Å². The monoisotopic (exact) mass is 207 g/mol. The Hall–Kier alpha value is -2.38. The maximum absolute atomic E-state index is 11.6. The summed E-state index contributed by atoms with van der Waals surface area (Å²) >= 11 is 0. The fourth-order valence-electron chi connectivity index (χ4n) is 1.03. The van der Waals surface area contributed by atoms with E-state index >= 15 is 0 Å². The van der Waals surface area contributed by atoms with E-state index in [1.165, 1.54) is 17.1 Å². The van der Waals surface area contributed by atoms with Crippen LogP contribution in [0.3, 0.4) is 0 Å². The van der Waals surface area contributed by atoms with Crippen molar-refractivity contribution in [2.24, 2.45) is 7.05 Å². The molecule has 0 bridgehead atoms. The molecule has 0 aliphatic rings. The Kier molecular flexibility index (Phi) is 2.08. The molecule has 15 heavy (non-hydrogen) atoms. The van der Waals surface area contributed by atoms with Gasteiger partial charge >= 0.3 is 0 Å². The third-order valence-corrected chi connectivity index (χ3v) is 1.78. The molecule has 78 valence electrons. The first-order valence-corrected chi connectivity index (χ1v) is 4.13. The molecule has 0 radical (unpaired) electrons. The SMILES string of the molecule is Cn1ncnc1NC(=O)c1cc(N)n[nH]1. The minimum atomic E-state index is -0.365. The number of hydrogen-bond acceptors (Lipinski definition) is 5. The third-order valence-electron chi connectivity index (χ3n) is 1.78. The molecule has 1 amide bonds. The van der Waals surface area contributed by atoms with Gasteiger partial charge in [-0.05, 0) is 0 Å². The van der Waals surface area contributed by atoms with Crippen molar-refractivity contribution < 1.29 is 4.79 Å². The van der Waals surface area contributed by atoms with Crippen LogP contribution in [0.1, 0.15) is 10.5 Å². The zero-order valence-electron chi connectivity index (χ0n) is 7.93. The molecule has 8 heteroatoms. The number of nitrogens with two attached hydrogens (primary N) is 1. The molecule has 0 aliphatic heterocycles. The number of aromatic amines is 1. The molecule has 0 spiro atoms. The highest BCUT2D eigenvalue weighted by Crippen LogP contribution is 2.04. The molecule has 0 atom stereocenters. The first kappa shape index (κ1) is 9.19. The van der Waals surface area contributed by atoms with E-state index in [0.29, 0.717) is 5.95 Å². The number of carbonyl (C=O) groups excluding carboxylic acids is 1. The number of aryl methyl sites for hydroxylation is 1. The molecule has 0 aliphatic carbocycles. The molecular weight excluding hydrogens is 198 g/mol. The molecule has 2 aromatic heterocycles. The van der Waals surface area contributed by atoms with Gasteiger partial charge in [0.2, 0.25) is 5.95 Å². The van der Waals surface area contributed by atoms with E-state index in [1.807, 2.05) is 0 Å². The van der Waals surface area contributed by atoms with Crippen LogP contribution < -0.4 is 11.1 Å². The Bertz CT molecular complexity index is 485. The van der Waals surface area contributed by atoms with Crippen molar-refractivity contribution in [1.82, 2.24) is 25.0 Å². The van der Waals surface area contributed by atoms with E-state index in [4.69, 9.17) is 5.73 Å². The molecular formula is C7H9N7O. The Morgan fingerprint density at radius 3 is 3.00 bits per heavy atom. The molecule has 2 heterocycles. The minimum Gasteiger partial charge on any atom is -0.382 e. The van der Waals surface area contributed by atoms with Crippen molar-refractivity contribution in [3.05, 3.63) is 18.1 Å². The van der Waals surface area contributed by atoms with Gasteiger partial charge in [0.05, 0.1) is 0 Å². The minimum absolute atomic E-state index is 0.262. The average Bonchev–Trinajstić information content (AvgIpc) is 2.77. The second-order valence-electron chi connectivity index (χ2n) is 2.87. The van der Waals surface area contributed by atoms with E-state index in [0.717, 1.165) is 0 Å². The highest BCUT2D eigenvalue weighted by atomic mass is 16.2. The lowest BCUT2D eigenvalue weighted by molar-refractivity contribution is 0.102. The Morgan fingerprint density at radius 1 is 1.67 bits per heavy atom. The number of H-pyrrole nitrogens is 1. The van der Waals surface area contributed by atoms with Gasteiger partial charge in [0.25, 0.3) is 5.91 Å². The number of nitrogens with one attached hydrogen (secondary N) is 2. The van der Waals surface area contributed by atoms with Crippen LogP contribution in [0.2, 0.25) is 0 Å². The zero-order valence-corrected chi connectivity index (χ0v) is 7.93. The Morgan fingerprint density at radius 2 is 2.47 bits per heavy atom. The number of nitrogens with zero attached hydrogens (tertiary/aromatic N) is 4. The fraction of sp³-hybridized carbons (Fsp3) is 0.143. The number of carbonyl (C=O) groups is 1. The van der Waals surface area contributed by atoms with E-state index in [2.05, 4.69) is 25.6 Å². The van der Waals surface area contributed by atoms with E-state index in [9.17, 15) is 4.79 Å². The molecule has 0 fully saturated rings. The maximum Gasteiger partial charge on any atom is 0.276 e. The van der Waals surface area contributed by atoms with Crippen molar-refractivity contribution in [2.75, 3.05) is 11.1 Å². The second kappa shape index (κ2) is 3.40. The van der Waals surface area contributed by atoms with Crippen LogP contribution in [0.5, 0.6) is 0 Å². The van der Waals surface area contributed by atoms with Crippen LogP contribution >= 0.6 is 0 Å². The van der Waals surface area contributed by atoms with Gasteiger partial charge in [-0.15, -0.1) is 0 Å². The van der Waals surface area contributed by atoms with Gasteiger partial charge in [0.1, 0.15) is 17.8 Å². The number of nitrogen functional groups attached to an aromatic ring is 1. The van der Waals surface area contributed by atoms with Gasteiger partial charge in [-0.25, -0.2) is 4.68 Å². The van der Waals surface area contributed by atoms with Gasteiger partial charge in [-0.3, -0.25) is 15.2 Å². The van der Waals surface area contributed by atoms with Gasteiger partial charge in [-0.2, -0.15) is 15.2 Å². The van der Waals surface area contributed by atoms with Crippen molar-refractivity contribution in [1.29, 1.82) is 0 Å². The molecule has 0 saturated heterocycles. The molecule has 4 N–H and O–H groups in total. The smallest absolute Gasteiger partial charge is 0.276 e. The quantitative estimate of drug-likeness (QED) is 0.606. The summed E-state index contributed by atoms with van der Waals surface area (Å²) in [5.74, 6) is 0.251.